The van der Waals surface area contributed by atoms with E-state index in [1.165, 1.54) is 27.2 Å². The number of hydrogen-bond donors (Lipinski definition) is 0. The Bertz CT molecular complexity index is 4210. The van der Waals surface area contributed by atoms with Gasteiger partial charge in [0.25, 0.3) is 0 Å². The molecule has 0 bridgehead atoms. The summed E-state index contributed by atoms with van der Waals surface area (Å²) < 4.78 is 13.2. The van der Waals surface area contributed by atoms with Crippen molar-refractivity contribution in [1.29, 1.82) is 0 Å². The standard InChI is InChI=1S/C57H34N6O/c1-2-10-39(11-3-1)61-51-21-17-40(31-44(51)47-33-58-26-23-53(47)61)62-49-13-5-4-12-42(49)43-29-37(15-19-50(43)62)35-8-6-9-36(28-35)38-16-20-52-46(30-38)57-54(14-7-25-60-57)63(52)41-18-22-55-45(32-41)48-34-59-27-24-56(48)64-55/h1-34H. The number of hydrogen-bond acceptors (Lipinski definition) is 4. The lowest BCUT2D eigenvalue weighted by molar-refractivity contribution is 0.668. The van der Waals surface area contributed by atoms with E-state index in [1.807, 2.05) is 36.9 Å². The summed E-state index contributed by atoms with van der Waals surface area (Å²) in [4.78, 5) is 13.8. The molecule has 0 N–H and O–H groups in total. The van der Waals surface area contributed by atoms with Crippen LogP contribution in [0.15, 0.2) is 211 Å². The maximum absolute atomic E-state index is 6.14. The molecule has 7 nitrogen and oxygen atoms in total. The number of rotatable bonds is 5. The van der Waals surface area contributed by atoms with Crippen molar-refractivity contribution in [1.82, 2.24) is 28.7 Å². The van der Waals surface area contributed by atoms with E-state index < -0.39 is 0 Å². The number of aromatic nitrogens is 6. The first-order valence-electron chi connectivity index (χ1n) is 21.5. The van der Waals surface area contributed by atoms with Crippen LogP contribution in [0.4, 0.5) is 0 Å². The quantitative estimate of drug-likeness (QED) is 0.173. The van der Waals surface area contributed by atoms with Gasteiger partial charge in [0.15, 0.2) is 0 Å². The first-order chi connectivity index (χ1) is 31.7. The molecule has 7 heterocycles. The van der Waals surface area contributed by atoms with Crippen LogP contribution in [0.2, 0.25) is 0 Å². The van der Waals surface area contributed by atoms with Gasteiger partial charge in [-0.3, -0.25) is 15.0 Å². The van der Waals surface area contributed by atoms with E-state index in [4.69, 9.17) is 9.40 Å². The molecule has 298 valence electrons. The van der Waals surface area contributed by atoms with E-state index in [-0.39, 0.29) is 0 Å². The SMILES string of the molecule is c1ccc(-n2c3ccncc3c3cc(-n4c5ccccc5c5cc(-c6cccc(-c7ccc8c(c7)c7ncccc7n8-c7ccc8oc9ccncc9c8c7)c6)ccc54)ccc32)cc1. The Balaban J connectivity index is 0.874. The predicted molar refractivity (Wildman–Crippen MR) is 261 cm³/mol. The molecule has 14 aromatic rings. The summed E-state index contributed by atoms with van der Waals surface area (Å²) in [7, 11) is 0. The average molecular weight is 819 g/mol. The highest BCUT2D eigenvalue weighted by Crippen LogP contribution is 2.40. The molecule has 0 aliphatic rings. The van der Waals surface area contributed by atoms with Crippen LogP contribution in [0, 0.1) is 0 Å². The molecular formula is C57H34N6O. The summed E-state index contributed by atoms with van der Waals surface area (Å²) in [5.74, 6) is 0. The van der Waals surface area contributed by atoms with Crippen LogP contribution in [0.5, 0.6) is 0 Å². The number of para-hydroxylation sites is 2. The van der Waals surface area contributed by atoms with Gasteiger partial charge in [-0.25, -0.2) is 0 Å². The number of furan rings is 1. The molecule has 0 aliphatic heterocycles. The highest BCUT2D eigenvalue weighted by molar-refractivity contribution is 6.13. The summed E-state index contributed by atoms with van der Waals surface area (Å²) in [5.41, 5.74) is 17.3. The first kappa shape index (κ1) is 34.9. The van der Waals surface area contributed by atoms with Gasteiger partial charge in [-0.15, -0.1) is 0 Å². The molecule has 0 saturated heterocycles. The Morgan fingerprint density at radius 2 is 0.891 bits per heavy atom. The van der Waals surface area contributed by atoms with E-state index in [0.29, 0.717) is 0 Å². The Kier molecular flexibility index (Phi) is 7.27. The molecule has 7 aromatic carbocycles. The van der Waals surface area contributed by atoms with Crippen molar-refractivity contribution in [3.63, 3.8) is 0 Å². The Hall–Kier alpha value is -8.81. The fourth-order valence-corrected chi connectivity index (χ4v) is 10.2. The van der Waals surface area contributed by atoms with E-state index in [2.05, 4.69) is 187 Å². The Labute approximate surface area is 365 Å². The van der Waals surface area contributed by atoms with E-state index in [9.17, 15) is 0 Å². The van der Waals surface area contributed by atoms with Gasteiger partial charge in [-0.05, 0) is 131 Å². The lowest BCUT2D eigenvalue weighted by Gasteiger charge is -2.11. The van der Waals surface area contributed by atoms with Crippen LogP contribution in [-0.4, -0.2) is 28.7 Å². The number of pyridine rings is 3. The molecule has 0 saturated carbocycles. The van der Waals surface area contributed by atoms with Crippen molar-refractivity contribution in [2.24, 2.45) is 0 Å². The lowest BCUT2D eigenvalue weighted by Crippen LogP contribution is -1.95. The molecule has 0 amide bonds. The van der Waals surface area contributed by atoms with E-state index in [0.717, 1.165) is 99.6 Å². The van der Waals surface area contributed by atoms with Crippen molar-refractivity contribution in [3.8, 4) is 39.3 Å². The zero-order chi connectivity index (χ0) is 41.9. The van der Waals surface area contributed by atoms with E-state index >= 15 is 0 Å². The third kappa shape index (κ3) is 5.06. The van der Waals surface area contributed by atoms with Gasteiger partial charge in [0.2, 0.25) is 0 Å². The Morgan fingerprint density at radius 1 is 0.312 bits per heavy atom. The van der Waals surface area contributed by atoms with E-state index in [1.54, 1.807) is 6.20 Å². The fourth-order valence-electron chi connectivity index (χ4n) is 10.2. The highest BCUT2D eigenvalue weighted by Gasteiger charge is 2.19. The monoisotopic (exact) mass is 818 g/mol. The molecular weight excluding hydrogens is 785 g/mol. The summed E-state index contributed by atoms with van der Waals surface area (Å²) in [6.07, 6.45) is 9.39. The van der Waals surface area contributed by atoms with Crippen molar-refractivity contribution in [3.05, 3.63) is 207 Å². The third-order valence-electron chi connectivity index (χ3n) is 13.1. The zero-order valence-electron chi connectivity index (χ0n) is 34.2. The molecule has 0 radical (unpaired) electrons. The summed E-state index contributed by atoms with van der Waals surface area (Å²) in [5, 5.41) is 7.88. The largest absolute Gasteiger partial charge is 0.456 e. The normalized spacial score (nSPS) is 12.1. The molecule has 7 heteroatoms. The van der Waals surface area contributed by atoms with Crippen molar-refractivity contribution in [2.45, 2.75) is 0 Å². The predicted octanol–water partition coefficient (Wildman–Crippen LogP) is 14.4. The van der Waals surface area contributed by atoms with Crippen LogP contribution in [-0.2, 0) is 0 Å². The van der Waals surface area contributed by atoms with Crippen molar-refractivity contribution in [2.75, 3.05) is 0 Å². The van der Waals surface area contributed by atoms with Gasteiger partial charge in [-0.1, -0.05) is 66.7 Å². The van der Waals surface area contributed by atoms with Crippen LogP contribution < -0.4 is 0 Å². The van der Waals surface area contributed by atoms with Gasteiger partial charge in [0.1, 0.15) is 11.2 Å². The zero-order valence-corrected chi connectivity index (χ0v) is 34.2. The maximum atomic E-state index is 6.14. The van der Waals surface area contributed by atoms with Gasteiger partial charge in [-0.2, -0.15) is 0 Å². The van der Waals surface area contributed by atoms with Gasteiger partial charge in [0, 0.05) is 85.7 Å². The Morgan fingerprint density at radius 3 is 1.73 bits per heavy atom. The lowest BCUT2D eigenvalue weighted by atomic mass is 9.97. The minimum absolute atomic E-state index is 0.834. The van der Waals surface area contributed by atoms with Gasteiger partial charge >= 0.3 is 0 Å². The highest BCUT2D eigenvalue weighted by atomic mass is 16.3. The molecule has 0 unspecified atom stereocenters. The maximum Gasteiger partial charge on any atom is 0.138 e. The number of nitrogens with zero attached hydrogens (tertiary/aromatic N) is 6. The average Bonchev–Trinajstić information content (AvgIpc) is 4.10. The molecule has 7 aromatic heterocycles. The fraction of sp³-hybridized carbons (Fsp3) is 0. The molecule has 0 atom stereocenters. The van der Waals surface area contributed by atoms with Crippen molar-refractivity contribution < 1.29 is 4.42 Å². The second kappa shape index (κ2) is 13.3. The molecule has 0 fully saturated rings. The molecule has 14 rings (SSSR count). The smallest absolute Gasteiger partial charge is 0.138 e. The van der Waals surface area contributed by atoms with Crippen LogP contribution >= 0.6 is 0 Å². The van der Waals surface area contributed by atoms with Gasteiger partial charge < -0.3 is 18.1 Å². The summed E-state index contributed by atoms with van der Waals surface area (Å²) in [6, 6.07) is 63.2. The third-order valence-corrected chi connectivity index (χ3v) is 13.1. The summed E-state index contributed by atoms with van der Waals surface area (Å²) >= 11 is 0. The molecule has 0 aliphatic carbocycles. The molecule has 0 spiro atoms. The van der Waals surface area contributed by atoms with Crippen molar-refractivity contribution >= 4 is 87.5 Å². The second-order valence-corrected chi connectivity index (χ2v) is 16.5. The van der Waals surface area contributed by atoms with Gasteiger partial charge in [0.05, 0.1) is 38.6 Å². The first-order valence-corrected chi connectivity index (χ1v) is 21.5. The topological polar surface area (TPSA) is 66.6 Å². The van der Waals surface area contributed by atoms with Crippen LogP contribution in [0.1, 0.15) is 0 Å². The second-order valence-electron chi connectivity index (χ2n) is 16.5. The number of fused-ring (bicyclic) bond motifs is 12. The molecule has 64 heavy (non-hydrogen) atoms. The summed E-state index contributed by atoms with van der Waals surface area (Å²) in [6.45, 7) is 0. The van der Waals surface area contributed by atoms with Crippen LogP contribution in [0.3, 0.4) is 0 Å². The van der Waals surface area contributed by atoms with Crippen LogP contribution in [0.25, 0.3) is 127 Å². The minimum Gasteiger partial charge on any atom is -0.456 e. The minimum atomic E-state index is 0.834. The number of benzene rings is 7.